The zero-order chi connectivity index (χ0) is 18.5. The van der Waals surface area contributed by atoms with E-state index in [1.807, 2.05) is 6.07 Å². The number of aromatic nitrogens is 2. The lowest BCUT2D eigenvalue weighted by Gasteiger charge is -2.09. The summed E-state index contributed by atoms with van der Waals surface area (Å²) in [6, 6.07) is 13.8. The van der Waals surface area contributed by atoms with Gasteiger partial charge in [-0.1, -0.05) is 29.3 Å². The molecule has 0 aliphatic heterocycles. The Hall–Kier alpha value is -2.83. The second-order valence-electron chi connectivity index (χ2n) is 5.22. The molecule has 0 radical (unpaired) electrons. The second kappa shape index (κ2) is 8.03. The van der Waals surface area contributed by atoms with Gasteiger partial charge in [-0.05, 0) is 42.5 Å². The first-order valence-electron chi connectivity index (χ1n) is 7.55. The van der Waals surface area contributed by atoms with Crippen LogP contribution in [0.4, 0.5) is 23.1 Å². The minimum Gasteiger partial charge on any atom is -0.465 e. The van der Waals surface area contributed by atoms with Crippen molar-refractivity contribution in [1.82, 2.24) is 9.97 Å². The molecule has 0 atom stereocenters. The summed E-state index contributed by atoms with van der Waals surface area (Å²) in [5.74, 6) is 0.542. The zero-order valence-electron chi connectivity index (χ0n) is 13.7. The van der Waals surface area contributed by atoms with Crippen LogP contribution >= 0.6 is 23.2 Å². The number of anilines is 4. The maximum atomic E-state index is 11.6. The molecule has 3 aromatic rings. The largest absolute Gasteiger partial charge is 0.465 e. The Morgan fingerprint density at radius 3 is 2.58 bits per heavy atom. The van der Waals surface area contributed by atoms with Crippen LogP contribution in [-0.4, -0.2) is 23.0 Å². The van der Waals surface area contributed by atoms with E-state index in [4.69, 9.17) is 27.9 Å². The molecule has 0 amide bonds. The molecule has 0 unspecified atom stereocenters. The third-order valence-corrected chi connectivity index (χ3v) is 4.13. The third-order valence-electron chi connectivity index (χ3n) is 3.39. The zero-order valence-corrected chi connectivity index (χ0v) is 15.2. The number of nitrogens with one attached hydrogen (secondary N) is 2. The summed E-state index contributed by atoms with van der Waals surface area (Å²) < 4.78 is 4.72. The van der Waals surface area contributed by atoms with Crippen LogP contribution in [0.15, 0.2) is 54.7 Å². The average Bonchev–Trinajstić information content (AvgIpc) is 2.64. The van der Waals surface area contributed by atoms with Crippen LogP contribution in [0.1, 0.15) is 10.4 Å². The van der Waals surface area contributed by atoms with Gasteiger partial charge >= 0.3 is 5.97 Å². The van der Waals surface area contributed by atoms with Gasteiger partial charge in [-0.15, -0.1) is 0 Å². The number of hydrogen-bond acceptors (Lipinski definition) is 6. The number of esters is 1. The molecule has 2 aromatic carbocycles. The predicted molar refractivity (Wildman–Crippen MR) is 103 cm³/mol. The fraction of sp³-hybridized carbons (Fsp3) is 0.0556. The Morgan fingerprint density at radius 1 is 1.00 bits per heavy atom. The monoisotopic (exact) mass is 388 g/mol. The summed E-state index contributed by atoms with van der Waals surface area (Å²) in [4.78, 5) is 20.2. The van der Waals surface area contributed by atoms with Gasteiger partial charge in [0.05, 0.1) is 22.7 Å². The van der Waals surface area contributed by atoms with E-state index in [0.29, 0.717) is 38.7 Å². The molecule has 0 bridgehead atoms. The molecule has 6 nitrogen and oxygen atoms in total. The van der Waals surface area contributed by atoms with Crippen molar-refractivity contribution in [1.29, 1.82) is 0 Å². The first kappa shape index (κ1) is 18.0. The van der Waals surface area contributed by atoms with Gasteiger partial charge in [0, 0.05) is 17.6 Å². The maximum absolute atomic E-state index is 11.6. The minimum absolute atomic E-state index is 0.387. The number of rotatable bonds is 5. The molecule has 132 valence electrons. The Bertz CT molecular complexity index is 950. The van der Waals surface area contributed by atoms with E-state index in [2.05, 4.69) is 20.6 Å². The van der Waals surface area contributed by atoms with Crippen molar-refractivity contribution < 1.29 is 9.53 Å². The van der Waals surface area contributed by atoms with Crippen molar-refractivity contribution in [2.45, 2.75) is 0 Å². The molecule has 3 rings (SSSR count). The van der Waals surface area contributed by atoms with Gasteiger partial charge in [0.25, 0.3) is 0 Å². The Morgan fingerprint density at radius 2 is 1.81 bits per heavy atom. The van der Waals surface area contributed by atoms with Crippen LogP contribution in [-0.2, 0) is 4.74 Å². The van der Waals surface area contributed by atoms with Gasteiger partial charge in [-0.3, -0.25) is 0 Å². The lowest BCUT2D eigenvalue weighted by molar-refractivity contribution is 0.0601. The highest BCUT2D eigenvalue weighted by Gasteiger charge is 2.07. The topological polar surface area (TPSA) is 76.1 Å². The Labute approximate surface area is 160 Å². The molecule has 0 saturated carbocycles. The van der Waals surface area contributed by atoms with E-state index in [0.717, 1.165) is 0 Å². The maximum Gasteiger partial charge on any atom is 0.337 e. The van der Waals surface area contributed by atoms with Gasteiger partial charge in [-0.2, -0.15) is 4.98 Å². The Balaban J connectivity index is 1.77. The number of carbonyl (C=O) groups excluding carboxylic acids is 1. The van der Waals surface area contributed by atoms with Crippen LogP contribution in [0.5, 0.6) is 0 Å². The first-order chi connectivity index (χ1) is 12.5. The molecule has 0 spiro atoms. The predicted octanol–water partition coefficient (Wildman–Crippen LogP) is 5.06. The van der Waals surface area contributed by atoms with Gasteiger partial charge in [-0.25, -0.2) is 9.78 Å². The van der Waals surface area contributed by atoms with Gasteiger partial charge < -0.3 is 15.4 Å². The first-order valence-corrected chi connectivity index (χ1v) is 8.31. The second-order valence-corrected chi connectivity index (χ2v) is 6.03. The summed E-state index contributed by atoms with van der Waals surface area (Å²) >= 11 is 11.9. The molecule has 8 heteroatoms. The summed E-state index contributed by atoms with van der Waals surface area (Å²) in [6.07, 6.45) is 1.61. The minimum atomic E-state index is -0.404. The lowest BCUT2D eigenvalue weighted by atomic mass is 10.2. The van der Waals surface area contributed by atoms with E-state index in [9.17, 15) is 4.79 Å². The van der Waals surface area contributed by atoms with Gasteiger partial charge in [0.15, 0.2) is 0 Å². The van der Waals surface area contributed by atoms with Crippen molar-refractivity contribution in [3.63, 3.8) is 0 Å². The van der Waals surface area contributed by atoms with E-state index < -0.39 is 5.97 Å². The molecule has 26 heavy (non-hydrogen) atoms. The summed E-state index contributed by atoms with van der Waals surface area (Å²) in [5, 5.41) is 7.09. The molecule has 0 aliphatic rings. The molecule has 1 aromatic heterocycles. The van der Waals surface area contributed by atoms with Gasteiger partial charge in [0.2, 0.25) is 5.95 Å². The molecular formula is C18H14Cl2N4O2. The summed E-state index contributed by atoms with van der Waals surface area (Å²) in [7, 11) is 1.34. The number of nitrogens with zero attached hydrogens (tertiary/aromatic N) is 2. The van der Waals surface area contributed by atoms with E-state index in [1.165, 1.54) is 7.11 Å². The number of hydrogen-bond donors (Lipinski definition) is 2. The smallest absolute Gasteiger partial charge is 0.337 e. The fourth-order valence-corrected chi connectivity index (χ4v) is 2.48. The molecule has 0 saturated heterocycles. The third kappa shape index (κ3) is 4.41. The van der Waals surface area contributed by atoms with Crippen LogP contribution < -0.4 is 10.6 Å². The summed E-state index contributed by atoms with van der Waals surface area (Å²) in [5.41, 5.74) is 1.86. The van der Waals surface area contributed by atoms with E-state index in [1.54, 1.807) is 48.7 Å². The van der Waals surface area contributed by atoms with E-state index >= 15 is 0 Å². The molecule has 1 heterocycles. The van der Waals surface area contributed by atoms with Crippen LogP contribution in [0.3, 0.4) is 0 Å². The molecule has 2 N–H and O–H groups in total. The highest BCUT2D eigenvalue weighted by molar-refractivity contribution is 6.42. The van der Waals surface area contributed by atoms with Gasteiger partial charge in [0.1, 0.15) is 5.82 Å². The Kier molecular flexibility index (Phi) is 5.55. The van der Waals surface area contributed by atoms with Crippen molar-refractivity contribution in [2.24, 2.45) is 0 Å². The standard InChI is InChI=1S/C18H14Cl2N4O2/c1-26-17(25)11-3-2-4-12(9-11)22-16-7-8-21-18(24-16)23-13-5-6-14(19)15(20)10-13/h2-10H,1H3,(H2,21,22,23,24). The highest BCUT2D eigenvalue weighted by Crippen LogP contribution is 2.26. The van der Waals surface area contributed by atoms with Crippen LogP contribution in [0.2, 0.25) is 10.0 Å². The highest BCUT2D eigenvalue weighted by atomic mass is 35.5. The summed E-state index contributed by atoms with van der Waals surface area (Å²) in [6.45, 7) is 0. The van der Waals surface area contributed by atoms with Crippen molar-refractivity contribution in [2.75, 3.05) is 17.7 Å². The molecule has 0 fully saturated rings. The van der Waals surface area contributed by atoms with Crippen molar-refractivity contribution in [3.8, 4) is 0 Å². The number of benzene rings is 2. The van der Waals surface area contributed by atoms with Crippen molar-refractivity contribution >= 4 is 52.3 Å². The quantitative estimate of drug-likeness (QED) is 0.595. The van der Waals surface area contributed by atoms with Crippen LogP contribution in [0, 0.1) is 0 Å². The number of halogens is 2. The number of ether oxygens (including phenoxy) is 1. The average molecular weight is 389 g/mol. The SMILES string of the molecule is COC(=O)c1cccc(Nc2ccnc(Nc3ccc(Cl)c(Cl)c3)n2)c1. The number of carbonyl (C=O) groups is 1. The van der Waals surface area contributed by atoms with Crippen molar-refractivity contribution in [3.05, 3.63) is 70.3 Å². The molecule has 0 aliphatic carbocycles. The molecular weight excluding hydrogens is 375 g/mol. The lowest BCUT2D eigenvalue weighted by Crippen LogP contribution is -2.03. The number of methoxy groups -OCH3 is 1. The normalized spacial score (nSPS) is 10.3. The van der Waals surface area contributed by atoms with E-state index in [-0.39, 0.29) is 0 Å². The fourth-order valence-electron chi connectivity index (χ4n) is 2.18. The van der Waals surface area contributed by atoms with Crippen LogP contribution in [0.25, 0.3) is 0 Å².